The number of methoxy groups -OCH3 is 1. The Morgan fingerprint density at radius 3 is 2.56 bits per heavy atom. The molecular weight excluding hydrogens is 366 g/mol. The molecule has 0 saturated heterocycles. The van der Waals surface area contributed by atoms with E-state index in [9.17, 15) is 9.59 Å². The van der Waals surface area contributed by atoms with E-state index in [0.29, 0.717) is 29.4 Å². The number of amides is 2. The van der Waals surface area contributed by atoms with Crippen LogP contribution in [0.2, 0.25) is 5.02 Å². The van der Waals surface area contributed by atoms with Gasteiger partial charge in [0.25, 0.3) is 5.91 Å². The third kappa shape index (κ3) is 6.92. The van der Waals surface area contributed by atoms with Gasteiger partial charge in [0.15, 0.2) is 0 Å². The lowest BCUT2D eigenvalue weighted by molar-refractivity contribution is -0.114. The average Bonchev–Trinajstić information content (AvgIpc) is 2.67. The van der Waals surface area contributed by atoms with Crippen LogP contribution in [0.5, 0.6) is 0 Å². The molecule has 0 heterocycles. The number of rotatable bonds is 9. The summed E-state index contributed by atoms with van der Waals surface area (Å²) < 4.78 is 4.94. The van der Waals surface area contributed by atoms with Crippen molar-refractivity contribution in [2.45, 2.75) is 13.3 Å². The van der Waals surface area contributed by atoms with Gasteiger partial charge < -0.3 is 20.7 Å². The van der Waals surface area contributed by atoms with Crippen LogP contribution < -0.4 is 16.0 Å². The second-order valence-electron chi connectivity index (χ2n) is 6.04. The molecular formula is C20H24ClN3O3. The Kier molecular flexibility index (Phi) is 8.10. The van der Waals surface area contributed by atoms with E-state index in [-0.39, 0.29) is 18.4 Å². The molecule has 0 fully saturated rings. The first-order chi connectivity index (χ1) is 13.0. The van der Waals surface area contributed by atoms with Gasteiger partial charge in [-0.1, -0.05) is 17.7 Å². The van der Waals surface area contributed by atoms with Crippen molar-refractivity contribution in [2.75, 3.05) is 37.4 Å². The predicted octanol–water partition coefficient (Wildman–Crippen LogP) is 3.47. The number of halogens is 1. The Morgan fingerprint density at radius 1 is 1.11 bits per heavy atom. The molecule has 0 aliphatic carbocycles. The molecule has 2 rings (SSSR count). The lowest BCUT2D eigenvalue weighted by Crippen LogP contribution is -2.25. The van der Waals surface area contributed by atoms with Crippen molar-refractivity contribution in [3.05, 3.63) is 58.6 Å². The minimum Gasteiger partial charge on any atom is -0.385 e. The van der Waals surface area contributed by atoms with E-state index in [1.54, 1.807) is 43.5 Å². The van der Waals surface area contributed by atoms with Crippen molar-refractivity contribution in [3.8, 4) is 0 Å². The van der Waals surface area contributed by atoms with Gasteiger partial charge in [-0.25, -0.2) is 0 Å². The van der Waals surface area contributed by atoms with Crippen LogP contribution in [0.15, 0.2) is 42.5 Å². The molecule has 0 aromatic heterocycles. The summed E-state index contributed by atoms with van der Waals surface area (Å²) >= 11 is 5.96. The van der Waals surface area contributed by atoms with Crippen LogP contribution in [0.25, 0.3) is 0 Å². The summed E-state index contributed by atoms with van der Waals surface area (Å²) in [4.78, 5) is 24.1. The number of benzene rings is 2. The summed E-state index contributed by atoms with van der Waals surface area (Å²) in [6.45, 7) is 3.18. The van der Waals surface area contributed by atoms with Crippen molar-refractivity contribution in [3.63, 3.8) is 0 Å². The molecule has 2 aromatic carbocycles. The minimum atomic E-state index is -0.180. The first-order valence-electron chi connectivity index (χ1n) is 8.66. The topological polar surface area (TPSA) is 79.5 Å². The Balaban J connectivity index is 1.81. The highest BCUT2D eigenvalue weighted by Gasteiger charge is 2.07. The molecule has 27 heavy (non-hydrogen) atoms. The molecule has 6 nitrogen and oxygen atoms in total. The van der Waals surface area contributed by atoms with Crippen LogP contribution >= 0.6 is 11.6 Å². The molecule has 144 valence electrons. The third-order valence-electron chi connectivity index (χ3n) is 3.88. The Bertz CT molecular complexity index is 779. The largest absolute Gasteiger partial charge is 0.385 e. The Labute approximate surface area is 164 Å². The fraction of sp³-hybridized carbons (Fsp3) is 0.300. The summed E-state index contributed by atoms with van der Waals surface area (Å²) in [5, 5.41) is 9.25. The zero-order valence-corrected chi connectivity index (χ0v) is 16.2. The molecule has 0 spiro atoms. The molecule has 0 unspecified atom stereocenters. The fourth-order valence-electron chi connectivity index (χ4n) is 2.37. The SMILES string of the molecule is COCCCNC(=O)c1ccc(NCC(=O)Nc2cc(Cl)ccc2C)cc1. The third-order valence-corrected chi connectivity index (χ3v) is 4.12. The molecule has 0 saturated carbocycles. The average molecular weight is 390 g/mol. The van der Waals surface area contributed by atoms with Gasteiger partial charge in [0, 0.05) is 42.2 Å². The second kappa shape index (κ2) is 10.5. The molecule has 0 radical (unpaired) electrons. The summed E-state index contributed by atoms with van der Waals surface area (Å²) in [5.74, 6) is -0.313. The highest BCUT2D eigenvalue weighted by atomic mass is 35.5. The van der Waals surface area contributed by atoms with Crippen LogP contribution in [0, 0.1) is 6.92 Å². The maximum absolute atomic E-state index is 12.1. The lowest BCUT2D eigenvalue weighted by atomic mass is 10.2. The van der Waals surface area contributed by atoms with Gasteiger partial charge in [-0.15, -0.1) is 0 Å². The van der Waals surface area contributed by atoms with E-state index in [0.717, 1.165) is 17.7 Å². The van der Waals surface area contributed by atoms with Crippen LogP contribution in [0.1, 0.15) is 22.3 Å². The number of hydrogen-bond donors (Lipinski definition) is 3. The Hall–Kier alpha value is -2.57. The quantitative estimate of drug-likeness (QED) is 0.574. The van der Waals surface area contributed by atoms with Crippen LogP contribution in [-0.4, -0.2) is 38.6 Å². The minimum absolute atomic E-state index is 0.106. The predicted molar refractivity (Wildman–Crippen MR) is 109 cm³/mol. The van der Waals surface area contributed by atoms with Crippen LogP contribution in [0.4, 0.5) is 11.4 Å². The maximum Gasteiger partial charge on any atom is 0.251 e. The summed E-state index contributed by atoms with van der Waals surface area (Å²) in [5.41, 5.74) is 2.95. The summed E-state index contributed by atoms with van der Waals surface area (Å²) in [6.07, 6.45) is 0.767. The number of carbonyl (C=O) groups is 2. The molecule has 0 bridgehead atoms. The van der Waals surface area contributed by atoms with Gasteiger partial charge in [0.2, 0.25) is 5.91 Å². The van der Waals surface area contributed by atoms with E-state index >= 15 is 0 Å². The molecule has 0 aliphatic heterocycles. The first kappa shape index (κ1) is 20.7. The first-order valence-corrected chi connectivity index (χ1v) is 9.04. The van der Waals surface area contributed by atoms with Gasteiger partial charge in [-0.05, 0) is 55.3 Å². The van der Waals surface area contributed by atoms with Crippen molar-refractivity contribution >= 4 is 34.8 Å². The van der Waals surface area contributed by atoms with Gasteiger partial charge in [-0.3, -0.25) is 9.59 Å². The summed E-state index contributed by atoms with van der Waals surface area (Å²) in [6, 6.07) is 12.3. The van der Waals surface area contributed by atoms with Gasteiger partial charge >= 0.3 is 0 Å². The van der Waals surface area contributed by atoms with E-state index in [2.05, 4.69) is 16.0 Å². The molecule has 2 aromatic rings. The van der Waals surface area contributed by atoms with Crippen molar-refractivity contribution in [1.29, 1.82) is 0 Å². The lowest BCUT2D eigenvalue weighted by Gasteiger charge is -2.11. The van der Waals surface area contributed by atoms with Crippen molar-refractivity contribution < 1.29 is 14.3 Å². The molecule has 0 aliphatic rings. The van der Waals surface area contributed by atoms with E-state index in [1.807, 2.05) is 13.0 Å². The highest BCUT2D eigenvalue weighted by molar-refractivity contribution is 6.31. The van der Waals surface area contributed by atoms with Crippen molar-refractivity contribution in [2.24, 2.45) is 0 Å². The monoisotopic (exact) mass is 389 g/mol. The van der Waals surface area contributed by atoms with E-state index in [4.69, 9.17) is 16.3 Å². The molecule has 2 amide bonds. The van der Waals surface area contributed by atoms with Gasteiger partial charge in [0.05, 0.1) is 6.54 Å². The van der Waals surface area contributed by atoms with Crippen LogP contribution in [-0.2, 0) is 9.53 Å². The zero-order valence-electron chi connectivity index (χ0n) is 15.5. The van der Waals surface area contributed by atoms with E-state index < -0.39 is 0 Å². The van der Waals surface area contributed by atoms with Gasteiger partial charge in [-0.2, -0.15) is 0 Å². The van der Waals surface area contributed by atoms with Crippen LogP contribution in [0.3, 0.4) is 0 Å². The number of ether oxygens (including phenoxy) is 1. The maximum atomic E-state index is 12.1. The van der Waals surface area contributed by atoms with Gasteiger partial charge in [0.1, 0.15) is 0 Å². The second-order valence-corrected chi connectivity index (χ2v) is 6.48. The smallest absolute Gasteiger partial charge is 0.251 e. The highest BCUT2D eigenvalue weighted by Crippen LogP contribution is 2.20. The normalized spacial score (nSPS) is 10.3. The standard InChI is InChI=1S/C20H24ClN3O3/c1-14-4-7-16(21)12-18(14)24-19(25)13-23-17-8-5-15(6-9-17)20(26)22-10-3-11-27-2/h4-9,12,23H,3,10-11,13H2,1-2H3,(H,22,26)(H,24,25). The number of anilines is 2. The zero-order chi connectivity index (χ0) is 19.6. The molecule has 3 N–H and O–H groups in total. The molecule has 0 atom stereocenters. The number of carbonyl (C=O) groups excluding carboxylic acids is 2. The number of hydrogen-bond acceptors (Lipinski definition) is 4. The summed E-state index contributed by atoms with van der Waals surface area (Å²) in [7, 11) is 1.63. The van der Waals surface area contributed by atoms with Crippen molar-refractivity contribution in [1.82, 2.24) is 5.32 Å². The molecule has 7 heteroatoms. The fourth-order valence-corrected chi connectivity index (χ4v) is 2.54. The van der Waals surface area contributed by atoms with E-state index in [1.165, 1.54) is 0 Å². The number of aryl methyl sites for hydroxylation is 1. The number of nitrogens with one attached hydrogen (secondary N) is 3. The Morgan fingerprint density at radius 2 is 1.85 bits per heavy atom.